The predicted octanol–water partition coefficient (Wildman–Crippen LogP) is 8.87. The third-order valence-electron chi connectivity index (χ3n) is 6.49. The zero-order chi connectivity index (χ0) is 21.8. The van der Waals surface area contributed by atoms with Crippen LogP contribution in [-0.4, -0.2) is 8.75 Å². The first-order valence-electron chi connectivity index (χ1n) is 12.2. The Labute approximate surface area is 197 Å². The number of nitrogens with zero attached hydrogens (tertiary/aromatic N) is 2. The van der Waals surface area contributed by atoms with Gasteiger partial charge in [-0.1, -0.05) is 130 Å². The third kappa shape index (κ3) is 6.26. The van der Waals surface area contributed by atoms with Gasteiger partial charge in [0.2, 0.25) is 0 Å². The molecule has 0 radical (unpaired) electrons. The third-order valence-corrected chi connectivity index (χ3v) is 7.02. The summed E-state index contributed by atoms with van der Waals surface area (Å²) in [5.41, 5.74) is 5.92. The smallest absolute Gasteiger partial charge is 0.112 e. The normalized spacial score (nSPS) is 23.9. The monoisotopic (exact) mass is 442 g/mol. The second kappa shape index (κ2) is 12.5. The van der Waals surface area contributed by atoms with E-state index in [1.54, 1.807) is 0 Å². The van der Waals surface area contributed by atoms with Gasteiger partial charge >= 0.3 is 0 Å². The van der Waals surface area contributed by atoms with Crippen LogP contribution in [0.3, 0.4) is 0 Å². The molecule has 2 aliphatic rings. The molecule has 2 aliphatic carbocycles. The summed E-state index contributed by atoms with van der Waals surface area (Å²) in [6.45, 7) is 0. The Balaban J connectivity index is 1.66. The van der Waals surface area contributed by atoms with Crippen molar-refractivity contribution >= 4 is 28.3 Å². The van der Waals surface area contributed by atoms with Gasteiger partial charge in [0.25, 0.3) is 0 Å². The molecule has 0 bridgehead atoms. The van der Waals surface area contributed by atoms with Crippen molar-refractivity contribution in [2.45, 2.75) is 70.1 Å². The van der Waals surface area contributed by atoms with Crippen LogP contribution in [0.5, 0.6) is 0 Å². The van der Waals surface area contributed by atoms with Gasteiger partial charge < -0.3 is 0 Å². The van der Waals surface area contributed by atoms with E-state index in [1.807, 2.05) is 18.2 Å². The predicted molar refractivity (Wildman–Crippen MR) is 140 cm³/mol. The van der Waals surface area contributed by atoms with Crippen molar-refractivity contribution in [1.29, 1.82) is 0 Å². The van der Waals surface area contributed by atoms with E-state index in [0.717, 1.165) is 16.6 Å². The van der Waals surface area contributed by atoms with Gasteiger partial charge in [-0.05, 0) is 29.9 Å². The van der Waals surface area contributed by atoms with E-state index >= 15 is 0 Å². The molecule has 0 saturated heterocycles. The second-order valence-electron chi connectivity index (χ2n) is 8.79. The maximum Gasteiger partial charge on any atom is 0.112 e. The summed E-state index contributed by atoms with van der Waals surface area (Å²) in [5.74, 6) is 0.606. The molecule has 0 atom stereocenters. The molecule has 1 aromatic heterocycles. The van der Waals surface area contributed by atoms with Gasteiger partial charge in [-0.15, -0.1) is 0 Å². The highest BCUT2D eigenvalue weighted by Gasteiger charge is 2.19. The number of allylic oxidation sites excluding steroid dienone is 12. The van der Waals surface area contributed by atoms with Crippen molar-refractivity contribution in [3.8, 4) is 0 Å². The number of rotatable bonds is 2. The second-order valence-corrected chi connectivity index (χ2v) is 9.32. The lowest BCUT2D eigenvalue weighted by atomic mass is 9.86. The van der Waals surface area contributed by atoms with Crippen LogP contribution in [0.2, 0.25) is 0 Å². The molecule has 0 unspecified atom stereocenters. The average molecular weight is 443 g/mol. The molecule has 2 nitrogen and oxygen atoms in total. The fourth-order valence-corrected chi connectivity index (χ4v) is 5.33. The highest BCUT2D eigenvalue weighted by atomic mass is 32.1. The molecule has 0 aliphatic heterocycles. The first kappa shape index (κ1) is 22.7. The van der Waals surface area contributed by atoms with E-state index in [2.05, 4.69) is 60.7 Å². The van der Waals surface area contributed by atoms with E-state index in [0.29, 0.717) is 5.92 Å². The first-order valence-corrected chi connectivity index (χ1v) is 13.0. The number of fused-ring (bicyclic) bond motifs is 1. The molecule has 1 fully saturated rings. The van der Waals surface area contributed by atoms with Crippen molar-refractivity contribution in [1.82, 2.24) is 8.75 Å². The van der Waals surface area contributed by atoms with Gasteiger partial charge in [0, 0.05) is 5.56 Å². The molecule has 0 amide bonds. The number of hydrogen-bond acceptors (Lipinski definition) is 3. The molecular weight excluding hydrogens is 408 g/mol. The maximum atomic E-state index is 4.79. The van der Waals surface area contributed by atoms with Crippen LogP contribution in [0.1, 0.15) is 81.3 Å². The lowest BCUT2D eigenvalue weighted by Crippen LogP contribution is -2.02. The Morgan fingerprint density at radius 2 is 1.16 bits per heavy atom. The minimum atomic E-state index is 0.606. The molecule has 1 aromatic carbocycles. The van der Waals surface area contributed by atoms with E-state index in [9.17, 15) is 0 Å². The fourth-order valence-electron chi connectivity index (χ4n) is 4.75. The van der Waals surface area contributed by atoms with Gasteiger partial charge in [-0.2, -0.15) is 8.75 Å². The van der Waals surface area contributed by atoms with Crippen LogP contribution in [0.25, 0.3) is 16.6 Å². The Morgan fingerprint density at radius 3 is 1.84 bits per heavy atom. The maximum absolute atomic E-state index is 4.79. The highest BCUT2D eigenvalue weighted by molar-refractivity contribution is 7.00. The van der Waals surface area contributed by atoms with Crippen LogP contribution in [0, 0.1) is 0 Å². The van der Waals surface area contributed by atoms with Crippen molar-refractivity contribution < 1.29 is 0 Å². The standard InChI is InChI=1S/C29H34N2S/c1-2-6-10-14-18-24(19-15-11-7-3-1)26-22-23-27(29-28(26)30-32-31-29)25-20-16-12-8-4-5-9-13-17-21-25/h1-3,6-7,10-11,14-15,18-19,22-23,25H,4-5,8-9,12-13,16-17,20-21H2/b2-1?,3-1?,6-2?,7-3?,10-6+,11-7?,14-10?,15-11-,18-14-,19-15?,24-18?,24-19+. The summed E-state index contributed by atoms with van der Waals surface area (Å²) in [6.07, 6.45) is 36.5. The minimum Gasteiger partial charge on any atom is -0.173 e. The molecule has 4 rings (SSSR count). The minimum absolute atomic E-state index is 0.606. The first-order chi connectivity index (χ1) is 15.9. The zero-order valence-electron chi connectivity index (χ0n) is 19.0. The Morgan fingerprint density at radius 1 is 0.594 bits per heavy atom. The van der Waals surface area contributed by atoms with E-state index in [-0.39, 0.29) is 0 Å². The Hall–Kier alpha value is -2.52. The lowest BCUT2D eigenvalue weighted by molar-refractivity contribution is 0.516. The highest BCUT2D eigenvalue weighted by Crippen LogP contribution is 2.36. The van der Waals surface area contributed by atoms with Crippen LogP contribution in [0.15, 0.2) is 79.0 Å². The summed E-state index contributed by atoms with van der Waals surface area (Å²) < 4.78 is 9.55. The summed E-state index contributed by atoms with van der Waals surface area (Å²) in [7, 11) is 0. The average Bonchev–Trinajstić information content (AvgIpc) is 3.27. The van der Waals surface area contributed by atoms with Crippen LogP contribution >= 0.6 is 11.7 Å². The van der Waals surface area contributed by atoms with Gasteiger partial charge in [0.15, 0.2) is 0 Å². The van der Waals surface area contributed by atoms with Crippen molar-refractivity contribution in [2.24, 2.45) is 0 Å². The summed E-state index contributed by atoms with van der Waals surface area (Å²) >= 11 is 1.35. The van der Waals surface area contributed by atoms with Crippen LogP contribution in [-0.2, 0) is 0 Å². The molecule has 2 aromatic rings. The summed E-state index contributed by atoms with van der Waals surface area (Å²) in [5, 5.41) is 0. The molecule has 0 N–H and O–H groups in total. The van der Waals surface area contributed by atoms with Crippen molar-refractivity contribution in [2.75, 3.05) is 0 Å². The van der Waals surface area contributed by atoms with Gasteiger partial charge in [-0.25, -0.2) is 0 Å². The summed E-state index contributed by atoms with van der Waals surface area (Å²) in [4.78, 5) is 0. The van der Waals surface area contributed by atoms with Crippen molar-refractivity contribution in [3.63, 3.8) is 0 Å². The van der Waals surface area contributed by atoms with Gasteiger partial charge in [0.05, 0.1) is 11.7 Å². The molecule has 1 heterocycles. The zero-order valence-corrected chi connectivity index (χ0v) is 19.8. The Bertz CT molecular complexity index is 1040. The molecule has 166 valence electrons. The van der Waals surface area contributed by atoms with Gasteiger partial charge in [0.1, 0.15) is 11.0 Å². The fraction of sp³-hybridized carbons (Fsp3) is 0.379. The number of benzene rings is 1. The molecule has 3 heteroatoms. The lowest BCUT2D eigenvalue weighted by Gasteiger charge is -2.18. The quantitative estimate of drug-likeness (QED) is 0.464. The molecule has 1 saturated carbocycles. The van der Waals surface area contributed by atoms with Crippen molar-refractivity contribution in [3.05, 3.63) is 90.1 Å². The largest absolute Gasteiger partial charge is 0.173 e. The van der Waals surface area contributed by atoms with E-state index < -0.39 is 0 Å². The topological polar surface area (TPSA) is 25.8 Å². The SMILES string of the molecule is C1=C\C=C/C=C(c2ccc(C3CCCCCCCCCC3)c3nsnc23)\C=C/C=C/C=C1. The molecule has 0 spiro atoms. The Kier molecular flexibility index (Phi) is 8.85. The molecular formula is C29H34N2S. The van der Waals surface area contributed by atoms with Crippen LogP contribution < -0.4 is 0 Å². The van der Waals surface area contributed by atoms with E-state index in [1.165, 1.54) is 87.1 Å². The number of hydrogen-bond donors (Lipinski definition) is 0. The molecule has 32 heavy (non-hydrogen) atoms. The van der Waals surface area contributed by atoms with Crippen LogP contribution in [0.4, 0.5) is 0 Å². The summed E-state index contributed by atoms with van der Waals surface area (Å²) in [6, 6.07) is 4.62. The number of aromatic nitrogens is 2. The van der Waals surface area contributed by atoms with E-state index in [4.69, 9.17) is 8.75 Å². The van der Waals surface area contributed by atoms with Gasteiger partial charge in [-0.3, -0.25) is 0 Å².